The van der Waals surface area contributed by atoms with Crippen molar-refractivity contribution in [2.45, 2.75) is 13.1 Å². The lowest BCUT2D eigenvalue weighted by molar-refractivity contribution is 0.269. The SMILES string of the molecule is OCCn1cc(CNc2cc(Cl)ccc2F)cn1. The Morgan fingerprint density at radius 1 is 1.44 bits per heavy atom. The molecule has 1 aromatic carbocycles. The van der Waals surface area contributed by atoms with Crippen LogP contribution in [0, 0.1) is 5.82 Å². The van der Waals surface area contributed by atoms with E-state index in [0.717, 1.165) is 5.56 Å². The van der Waals surface area contributed by atoms with Gasteiger partial charge in [-0.15, -0.1) is 0 Å². The summed E-state index contributed by atoms with van der Waals surface area (Å²) in [6, 6.07) is 4.36. The highest BCUT2D eigenvalue weighted by Crippen LogP contribution is 2.20. The lowest BCUT2D eigenvalue weighted by Gasteiger charge is -2.06. The Kier molecular flexibility index (Phi) is 4.17. The lowest BCUT2D eigenvalue weighted by Crippen LogP contribution is -2.03. The molecule has 6 heteroatoms. The average Bonchev–Trinajstić information content (AvgIpc) is 2.79. The van der Waals surface area contributed by atoms with Crippen molar-refractivity contribution in [3.05, 3.63) is 47.0 Å². The third-order valence-corrected chi connectivity index (χ3v) is 2.66. The van der Waals surface area contributed by atoms with E-state index in [1.165, 1.54) is 18.2 Å². The maximum Gasteiger partial charge on any atom is 0.146 e. The van der Waals surface area contributed by atoms with Gasteiger partial charge in [0.25, 0.3) is 0 Å². The zero-order valence-corrected chi connectivity index (χ0v) is 10.4. The number of nitrogens with zero attached hydrogens (tertiary/aromatic N) is 2. The van der Waals surface area contributed by atoms with Crippen LogP contribution in [0.4, 0.5) is 10.1 Å². The van der Waals surface area contributed by atoms with Crippen LogP contribution in [0.1, 0.15) is 5.56 Å². The number of nitrogens with one attached hydrogen (secondary N) is 1. The molecular formula is C12H13ClFN3O. The van der Waals surface area contributed by atoms with Crippen LogP contribution in [-0.2, 0) is 13.1 Å². The van der Waals surface area contributed by atoms with Gasteiger partial charge in [0, 0.05) is 23.3 Å². The minimum atomic E-state index is -0.345. The zero-order valence-electron chi connectivity index (χ0n) is 9.61. The molecule has 0 aliphatic heterocycles. The molecule has 0 spiro atoms. The summed E-state index contributed by atoms with van der Waals surface area (Å²) in [7, 11) is 0. The maximum absolute atomic E-state index is 13.4. The average molecular weight is 270 g/mol. The number of hydrogen-bond donors (Lipinski definition) is 2. The highest BCUT2D eigenvalue weighted by atomic mass is 35.5. The van der Waals surface area contributed by atoms with E-state index in [2.05, 4.69) is 10.4 Å². The van der Waals surface area contributed by atoms with E-state index in [9.17, 15) is 4.39 Å². The molecule has 0 unspecified atom stereocenters. The van der Waals surface area contributed by atoms with Gasteiger partial charge >= 0.3 is 0 Å². The van der Waals surface area contributed by atoms with Crippen LogP contribution in [0.15, 0.2) is 30.6 Å². The van der Waals surface area contributed by atoms with Gasteiger partial charge in [0.1, 0.15) is 5.82 Å². The van der Waals surface area contributed by atoms with Crippen LogP contribution >= 0.6 is 11.6 Å². The summed E-state index contributed by atoms with van der Waals surface area (Å²) in [5.74, 6) is -0.345. The van der Waals surface area contributed by atoms with E-state index in [1.807, 2.05) is 0 Å². The van der Waals surface area contributed by atoms with E-state index in [0.29, 0.717) is 23.8 Å². The second-order valence-electron chi connectivity index (χ2n) is 3.81. The van der Waals surface area contributed by atoms with E-state index < -0.39 is 0 Å². The minimum absolute atomic E-state index is 0.0392. The Morgan fingerprint density at radius 2 is 2.28 bits per heavy atom. The summed E-state index contributed by atoms with van der Waals surface area (Å²) in [6.45, 7) is 0.936. The Hall–Kier alpha value is -1.59. The van der Waals surface area contributed by atoms with E-state index >= 15 is 0 Å². The summed E-state index contributed by atoms with van der Waals surface area (Å²) in [5, 5.41) is 16.2. The molecule has 18 heavy (non-hydrogen) atoms. The van der Waals surface area contributed by atoms with Gasteiger partial charge in [-0.05, 0) is 18.2 Å². The highest BCUT2D eigenvalue weighted by Gasteiger charge is 2.03. The van der Waals surface area contributed by atoms with Crippen molar-refractivity contribution in [3.63, 3.8) is 0 Å². The summed E-state index contributed by atoms with van der Waals surface area (Å²) in [5.41, 5.74) is 1.26. The van der Waals surface area contributed by atoms with E-state index in [4.69, 9.17) is 16.7 Å². The molecule has 96 valence electrons. The number of halogens is 2. The predicted octanol–water partition coefficient (Wildman–Crippen LogP) is 2.28. The van der Waals surface area contributed by atoms with Crippen molar-refractivity contribution in [2.24, 2.45) is 0 Å². The van der Waals surface area contributed by atoms with Gasteiger partial charge in [-0.3, -0.25) is 4.68 Å². The molecule has 0 aliphatic carbocycles. The number of rotatable bonds is 5. The molecule has 2 aromatic rings. The number of aliphatic hydroxyl groups excluding tert-OH is 1. The van der Waals surface area contributed by atoms with Crippen molar-refractivity contribution in [1.29, 1.82) is 0 Å². The van der Waals surface area contributed by atoms with Crippen molar-refractivity contribution < 1.29 is 9.50 Å². The van der Waals surface area contributed by atoms with Gasteiger partial charge in [0.2, 0.25) is 0 Å². The molecule has 2 N–H and O–H groups in total. The van der Waals surface area contributed by atoms with Crippen LogP contribution in [0.3, 0.4) is 0 Å². The van der Waals surface area contributed by atoms with Crippen LogP contribution in [0.25, 0.3) is 0 Å². The van der Waals surface area contributed by atoms with E-state index in [1.54, 1.807) is 17.1 Å². The minimum Gasteiger partial charge on any atom is -0.394 e. The summed E-state index contributed by atoms with van der Waals surface area (Å²) >= 11 is 5.79. The van der Waals surface area contributed by atoms with E-state index in [-0.39, 0.29) is 12.4 Å². The molecule has 1 heterocycles. The smallest absolute Gasteiger partial charge is 0.146 e. The van der Waals surface area contributed by atoms with Gasteiger partial charge in [-0.25, -0.2) is 4.39 Å². The Balaban J connectivity index is 1.99. The first-order chi connectivity index (χ1) is 8.69. The first kappa shape index (κ1) is 12.9. The zero-order chi connectivity index (χ0) is 13.0. The molecule has 0 bridgehead atoms. The molecule has 0 aliphatic rings. The number of hydrogen-bond acceptors (Lipinski definition) is 3. The number of aromatic nitrogens is 2. The number of aliphatic hydroxyl groups is 1. The first-order valence-corrected chi connectivity index (χ1v) is 5.88. The van der Waals surface area contributed by atoms with Gasteiger partial charge in [0.15, 0.2) is 0 Å². The monoisotopic (exact) mass is 269 g/mol. The summed E-state index contributed by atoms with van der Waals surface area (Å²) in [4.78, 5) is 0. The van der Waals surface area contributed by atoms with Gasteiger partial charge in [0.05, 0.1) is 25.0 Å². The normalized spacial score (nSPS) is 10.6. The summed E-state index contributed by atoms with van der Waals surface area (Å²) < 4.78 is 15.1. The molecule has 2 rings (SSSR count). The molecule has 0 radical (unpaired) electrons. The second kappa shape index (κ2) is 5.84. The largest absolute Gasteiger partial charge is 0.394 e. The van der Waals surface area contributed by atoms with Crippen molar-refractivity contribution >= 4 is 17.3 Å². The molecule has 0 atom stereocenters. The van der Waals surface area contributed by atoms with Crippen LogP contribution in [0.2, 0.25) is 5.02 Å². The molecule has 1 aromatic heterocycles. The molecule has 0 saturated carbocycles. The Morgan fingerprint density at radius 3 is 3.06 bits per heavy atom. The lowest BCUT2D eigenvalue weighted by atomic mass is 10.3. The second-order valence-corrected chi connectivity index (χ2v) is 4.25. The fraction of sp³-hybridized carbons (Fsp3) is 0.250. The van der Waals surface area contributed by atoms with Crippen LogP contribution < -0.4 is 5.32 Å². The van der Waals surface area contributed by atoms with Gasteiger partial charge < -0.3 is 10.4 Å². The Bertz CT molecular complexity index is 530. The fourth-order valence-electron chi connectivity index (χ4n) is 1.55. The molecular weight excluding hydrogens is 257 g/mol. The fourth-order valence-corrected chi connectivity index (χ4v) is 1.72. The Labute approximate surface area is 109 Å². The molecule has 4 nitrogen and oxygen atoms in total. The predicted molar refractivity (Wildman–Crippen MR) is 68.0 cm³/mol. The molecule has 0 saturated heterocycles. The topological polar surface area (TPSA) is 50.1 Å². The van der Waals surface area contributed by atoms with Crippen LogP contribution in [0.5, 0.6) is 0 Å². The summed E-state index contributed by atoms with van der Waals surface area (Å²) in [6.07, 6.45) is 3.47. The van der Waals surface area contributed by atoms with Crippen LogP contribution in [-0.4, -0.2) is 21.5 Å². The quantitative estimate of drug-likeness (QED) is 0.876. The first-order valence-electron chi connectivity index (χ1n) is 5.50. The van der Waals surface area contributed by atoms with Crippen molar-refractivity contribution in [2.75, 3.05) is 11.9 Å². The van der Waals surface area contributed by atoms with Crippen molar-refractivity contribution in [3.8, 4) is 0 Å². The number of benzene rings is 1. The van der Waals surface area contributed by atoms with Crippen molar-refractivity contribution in [1.82, 2.24) is 9.78 Å². The molecule has 0 amide bonds. The maximum atomic E-state index is 13.4. The standard InChI is InChI=1S/C12H13ClFN3O/c13-10-1-2-11(14)12(5-10)15-6-9-7-16-17(8-9)3-4-18/h1-2,5,7-8,15,18H,3-4,6H2. The van der Waals surface area contributed by atoms with Gasteiger partial charge in [-0.2, -0.15) is 5.10 Å². The third kappa shape index (κ3) is 3.21. The highest BCUT2D eigenvalue weighted by molar-refractivity contribution is 6.30. The van der Waals surface area contributed by atoms with Gasteiger partial charge in [-0.1, -0.05) is 11.6 Å². The number of anilines is 1. The third-order valence-electron chi connectivity index (χ3n) is 2.43. The molecule has 0 fully saturated rings.